The minimum atomic E-state index is 0.653. The van der Waals surface area contributed by atoms with Gasteiger partial charge in [0.2, 0.25) is 0 Å². The highest BCUT2D eigenvalue weighted by atomic mass is 35.5. The van der Waals surface area contributed by atoms with Gasteiger partial charge in [-0.2, -0.15) is 0 Å². The average molecular weight is 306 g/mol. The van der Waals surface area contributed by atoms with Crippen LogP contribution in [-0.2, 0) is 6.54 Å². The molecule has 1 aliphatic rings. The smallest absolute Gasteiger partial charge is 0.105 e. The molecule has 2 aromatic heterocycles. The Kier molecular flexibility index (Phi) is 4.24. The van der Waals surface area contributed by atoms with Crippen molar-refractivity contribution in [1.82, 2.24) is 15.3 Å². The molecule has 1 N–H and O–H groups in total. The second-order valence-corrected chi connectivity index (χ2v) is 6.48. The number of nitrogens with one attached hydrogen (secondary N) is 1. The Morgan fingerprint density at radius 3 is 2.80 bits per heavy atom. The van der Waals surface area contributed by atoms with Crippen LogP contribution in [0.1, 0.15) is 24.0 Å². The van der Waals surface area contributed by atoms with Crippen LogP contribution in [0, 0.1) is 6.92 Å². The van der Waals surface area contributed by atoms with Gasteiger partial charge in [0.15, 0.2) is 0 Å². The molecule has 0 aliphatic heterocycles. The SMILES string of the molecule is Cc1cc(CNC2CC2)cnc1Sc1ccc(Cl)cn1. The van der Waals surface area contributed by atoms with Crippen molar-refractivity contribution in [3.05, 3.63) is 46.7 Å². The molecule has 3 rings (SSSR count). The second kappa shape index (κ2) is 6.12. The summed E-state index contributed by atoms with van der Waals surface area (Å²) in [6, 6.07) is 6.68. The van der Waals surface area contributed by atoms with E-state index in [9.17, 15) is 0 Å². The summed E-state index contributed by atoms with van der Waals surface area (Å²) in [5, 5.41) is 6.06. The van der Waals surface area contributed by atoms with Crippen LogP contribution in [0.15, 0.2) is 40.6 Å². The predicted octanol–water partition coefficient (Wildman–Crippen LogP) is 3.84. The minimum Gasteiger partial charge on any atom is -0.310 e. The van der Waals surface area contributed by atoms with Crippen molar-refractivity contribution < 1.29 is 0 Å². The molecule has 104 valence electrons. The fraction of sp³-hybridized carbons (Fsp3) is 0.333. The number of rotatable bonds is 5. The van der Waals surface area contributed by atoms with Crippen molar-refractivity contribution in [2.45, 2.75) is 42.4 Å². The molecule has 0 unspecified atom stereocenters. The fourth-order valence-electron chi connectivity index (χ4n) is 1.90. The summed E-state index contributed by atoms with van der Waals surface area (Å²) in [7, 11) is 0. The zero-order valence-corrected chi connectivity index (χ0v) is 12.8. The molecule has 3 nitrogen and oxygen atoms in total. The van der Waals surface area contributed by atoms with E-state index in [2.05, 4.69) is 28.3 Å². The normalized spacial score (nSPS) is 14.5. The lowest BCUT2D eigenvalue weighted by Gasteiger charge is -2.07. The monoisotopic (exact) mass is 305 g/mol. The summed E-state index contributed by atoms with van der Waals surface area (Å²) in [6.07, 6.45) is 6.22. The zero-order chi connectivity index (χ0) is 13.9. The third-order valence-corrected chi connectivity index (χ3v) is 4.46. The van der Waals surface area contributed by atoms with E-state index in [1.54, 1.807) is 18.0 Å². The van der Waals surface area contributed by atoms with E-state index >= 15 is 0 Å². The largest absolute Gasteiger partial charge is 0.310 e. The molecule has 0 aromatic carbocycles. The van der Waals surface area contributed by atoms with Crippen molar-refractivity contribution in [2.24, 2.45) is 0 Å². The Bertz CT molecular complexity index is 597. The molecule has 2 aromatic rings. The number of hydrogen-bond donors (Lipinski definition) is 1. The Balaban J connectivity index is 1.68. The first-order valence-electron chi connectivity index (χ1n) is 6.69. The van der Waals surface area contributed by atoms with Crippen LogP contribution in [0.4, 0.5) is 0 Å². The van der Waals surface area contributed by atoms with E-state index < -0.39 is 0 Å². The van der Waals surface area contributed by atoms with E-state index in [-0.39, 0.29) is 0 Å². The van der Waals surface area contributed by atoms with Crippen molar-refractivity contribution in [1.29, 1.82) is 0 Å². The van der Waals surface area contributed by atoms with Gasteiger partial charge >= 0.3 is 0 Å². The molecule has 20 heavy (non-hydrogen) atoms. The summed E-state index contributed by atoms with van der Waals surface area (Å²) in [5.74, 6) is 0. The highest BCUT2D eigenvalue weighted by Crippen LogP contribution is 2.28. The van der Waals surface area contributed by atoms with Gasteiger partial charge in [-0.15, -0.1) is 0 Å². The lowest BCUT2D eigenvalue weighted by Crippen LogP contribution is -2.15. The van der Waals surface area contributed by atoms with E-state index in [0.717, 1.165) is 22.6 Å². The van der Waals surface area contributed by atoms with Crippen LogP contribution in [0.25, 0.3) is 0 Å². The minimum absolute atomic E-state index is 0.653. The molecule has 0 spiro atoms. The summed E-state index contributed by atoms with van der Waals surface area (Å²) in [5.41, 5.74) is 2.42. The Morgan fingerprint density at radius 2 is 2.15 bits per heavy atom. The first-order valence-corrected chi connectivity index (χ1v) is 7.88. The number of hydrogen-bond acceptors (Lipinski definition) is 4. The molecular weight excluding hydrogens is 290 g/mol. The molecule has 5 heteroatoms. The number of aromatic nitrogens is 2. The van der Waals surface area contributed by atoms with Crippen LogP contribution in [0.3, 0.4) is 0 Å². The maximum Gasteiger partial charge on any atom is 0.105 e. The van der Waals surface area contributed by atoms with Crippen molar-refractivity contribution in [3.63, 3.8) is 0 Å². The van der Waals surface area contributed by atoms with E-state index in [0.29, 0.717) is 5.02 Å². The van der Waals surface area contributed by atoms with E-state index in [1.165, 1.54) is 24.0 Å². The van der Waals surface area contributed by atoms with Crippen LogP contribution in [0.5, 0.6) is 0 Å². The lowest BCUT2D eigenvalue weighted by molar-refractivity contribution is 0.684. The molecule has 0 amide bonds. The highest BCUT2D eigenvalue weighted by molar-refractivity contribution is 7.99. The maximum atomic E-state index is 5.84. The number of pyridine rings is 2. The molecule has 2 heterocycles. The van der Waals surface area contributed by atoms with Crippen molar-refractivity contribution >= 4 is 23.4 Å². The first kappa shape index (κ1) is 13.9. The molecule has 0 bridgehead atoms. The van der Waals surface area contributed by atoms with Crippen LogP contribution in [0.2, 0.25) is 5.02 Å². The van der Waals surface area contributed by atoms with Crippen LogP contribution >= 0.6 is 23.4 Å². The van der Waals surface area contributed by atoms with Gasteiger partial charge in [-0.25, -0.2) is 9.97 Å². The molecule has 0 saturated heterocycles. The second-order valence-electron chi connectivity index (χ2n) is 5.04. The van der Waals surface area contributed by atoms with Gasteiger partial charge in [0.05, 0.1) is 5.02 Å². The number of aryl methyl sites for hydroxylation is 1. The van der Waals surface area contributed by atoms with Gasteiger partial charge in [-0.05, 0) is 54.8 Å². The van der Waals surface area contributed by atoms with E-state index in [1.807, 2.05) is 18.3 Å². The summed E-state index contributed by atoms with van der Waals surface area (Å²) < 4.78 is 0. The quantitative estimate of drug-likeness (QED) is 0.911. The van der Waals surface area contributed by atoms with Crippen LogP contribution < -0.4 is 5.32 Å². The summed E-state index contributed by atoms with van der Waals surface area (Å²) in [6.45, 7) is 2.99. The predicted molar refractivity (Wildman–Crippen MR) is 82.2 cm³/mol. The Hall–Kier alpha value is -1.10. The van der Waals surface area contributed by atoms with Gasteiger partial charge < -0.3 is 5.32 Å². The van der Waals surface area contributed by atoms with Gasteiger partial charge in [0.25, 0.3) is 0 Å². The molecule has 1 saturated carbocycles. The third kappa shape index (κ3) is 3.72. The van der Waals surface area contributed by atoms with Crippen molar-refractivity contribution in [2.75, 3.05) is 0 Å². The number of halogens is 1. The fourth-order valence-corrected chi connectivity index (χ4v) is 2.77. The molecule has 1 fully saturated rings. The lowest BCUT2D eigenvalue weighted by atomic mass is 10.2. The van der Waals surface area contributed by atoms with Gasteiger partial charge in [-0.3, -0.25) is 0 Å². The summed E-state index contributed by atoms with van der Waals surface area (Å²) >= 11 is 7.40. The molecule has 0 radical (unpaired) electrons. The summed E-state index contributed by atoms with van der Waals surface area (Å²) in [4.78, 5) is 8.83. The zero-order valence-electron chi connectivity index (χ0n) is 11.3. The Labute approximate surface area is 128 Å². The molecule has 0 atom stereocenters. The van der Waals surface area contributed by atoms with Crippen molar-refractivity contribution in [3.8, 4) is 0 Å². The van der Waals surface area contributed by atoms with Gasteiger partial charge in [-0.1, -0.05) is 17.7 Å². The maximum absolute atomic E-state index is 5.84. The molecular formula is C15H16ClN3S. The molecule has 1 aliphatic carbocycles. The van der Waals surface area contributed by atoms with E-state index in [4.69, 9.17) is 11.6 Å². The third-order valence-electron chi connectivity index (χ3n) is 3.16. The first-order chi connectivity index (χ1) is 9.70. The Morgan fingerprint density at radius 1 is 1.30 bits per heavy atom. The van der Waals surface area contributed by atoms with Gasteiger partial charge in [0, 0.05) is 25.0 Å². The highest BCUT2D eigenvalue weighted by Gasteiger charge is 2.20. The standard InChI is InChI=1S/C15H16ClN3S/c1-10-6-11(7-17-13-3-4-13)8-19-15(10)20-14-5-2-12(16)9-18-14/h2,5-6,8-9,13,17H,3-4,7H2,1H3. The van der Waals surface area contributed by atoms with Gasteiger partial charge in [0.1, 0.15) is 10.1 Å². The average Bonchev–Trinajstić information content (AvgIpc) is 3.26. The number of nitrogens with zero attached hydrogens (tertiary/aromatic N) is 2. The topological polar surface area (TPSA) is 37.8 Å². The van der Waals surface area contributed by atoms with Crippen LogP contribution in [-0.4, -0.2) is 16.0 Å².